The number of imidazole rings is 1. The predicted molar refractivity (Wildman–Crippen MR) is 136 cm³/mol. The molecule has 1 aromatic carbocycles. The molecule has 35 heavy (non-hydrogen) atoms. The normalized spacial score (nSPS) is 12.9. The van der Waals surface area contributed by atoms with Crippen molar-refractivity contribution in [2.75, 3.05) is 30.0 Å². The van der Waals surface area contributed by atoms with Gasteiger partial charge >= 0.3 is 0 Å². The average Bonchev–Trinajstić information content (AvgIpc) is 3.28. The Bertz CT molecular complexity index is 1400. The molecule has 4 heterocycles. The second-order valence-corrected chi connectivity index (χ2v) is 8.67. The summed E-state index contributed by atoms with van der Waals surface area (Å²) in [5, 5.41) is 0. The highest BCUT2D eigenvalue weighted by Crippen LogP contribution is 2.37. The SMILES string of the molecule is CCN1c2ncc(CCOc3ccc(-c4cn(C)cn4)cc3C)cc2C(=O)N(C)c2cccnc21. The first-order valence-corrected chi connectivity index (χ1v) is 11.7. The summed E-state index contributed by atoms with van der Waals surface area (Å²) in [4.78, 5) is 30.5. The number of ether oxygens (including phenoxy) is 1. The summed E-state index contributed by atoms with van der Waals surface area (Å²) in [5.41, 5.74) is 5.33. The molecule has 0 saturated heterocycles. The third-order valence-corrected chi connectivity index (χ3v) is 6.24. The Morgan fingerprint density at radius 3 is 2.63 bits per heavy atom. The van der Waals surface area contributed by atoms with Crippen LogP contribution in [-0.2, 0) is 13.5 Å². The smallest absolute Gasteiger partial charge is 0.261 e. The molecule has 0 radical (unpaired) electrons. The highest BCUT2D eigenvalue weighted by molar-refractivity contribution is 6.12. The van der Waals surface area contributed by atoms with Gasteiger partial charge in [-0.3, -0.25) is 4.79 Å². The van der Waals surface area contributed by atoms with Crippen molar-refractivity contribution in [1.29, 1.82) is 0 Å². The summed E-state index contributed by atoms with van der Waals surface area (Å²) in [7, 11) is 3.73. The number of hydrogen-bond donors (Lipinski definition) is 0. The molecule has 3 aromatic heterocycles. The fourth-order valence-corrected chi connectivity index (χ4v) is 4.37. The standard InChI is InChI=1S/C27H28N6O2/c1-5-33-25-21(27(34)32(4)23-7-6-11-28-26(23)33)14-19(15-29-25)10-12-35-24-9-8-20(13-18(24)2)22-16-31(3)17-30-22/h6-9,11,13-17H,5,10,12H2,1-4H3. The van der Waals surface area contributed by atoms with E-state index in [0.717, 1.165) is 39.6 Å². The lowest BCUT2D eigenvalue weighted by molar-refractivity contribution is 0.0994. The second-order valence-electron chi connectivity index (χ2n) is 8.67. The minimum Gasteiger partial charge on any atom is -0.493 e. The monoisotopic (exact) mass is 468 g/mol. The number of amides is 1. The van der Waals surface area contributed by atoms with Gasteiger partial charge in [0, 0.05) is 51.2 Å². The number of carbonyl (C=O) groups is 1. The van der Waals surface area contributed by atoms with Crippen LogP contribution in [0, 0.1) is 6.92 Å². The number of fused-ring (bicyclic) bond motifs is 2. The summed E-state index contributed by atoms with van der Waals surface area (Å²) in [5.74, 6) is 2.11. The van der Waals surface area contributed by atoms with Gasteiger partial charge in [0.2, 0.25) is 0 Å². The van der Waals surface area contributed by atoms with Gasteiger partial charge in [0.25, 0.3) is 5.91 Å². The van der Waals surface area contributed by atoms with Crippen LogP contribution in [-0.4, -0.2) is 45.6 Å². The molecule has 0 fully saturated rings. The highest BCUT2D eigenvalue weighted by atomic mass is 16.5. The molecule has 0 unspecified atom stereocenters. The summed E-state index contributed by atoms with van der Waals surface area (Å²) in [6.07, 6.45) is 7.98. The third kappa shape index (κ3) is 4.23. The van der Waals surface area contributed by atoms with Crippen molar-refractivity contribution in [1.82, 2.24) is 19.5 Å². The number of aromatic nitrogens is 4. The molecule has 1 amide bonds. The molecule has 1 aliphatic rings. The molecule has 0 aliphatic carbocycles. The molecular weight excluding hydrogens is 440 g/mol. The maximum atomic E-state index is 13.3. The molecule has 5 rings (SSSR count). The number of hydrogen-bond acceptors (Lipinski definition) is 6. The minimum atomic E-state index is -0.0959. The van der Waals surface area contributed by atoms with Crippen LogP contribution < -0.4 is 14.5 Å². The Labute approximate surface area is 204 Å². The van der Waals surface area contributed by atoms with E-state index in [4.69, 9.17) is 4.74 Å². The lowest BCUT2D eigenvalue weighted by Gasteiger charge is -2.22. The summed E-state index contributed by atoms with van der Waals surface area (Å²) < 4.78 is 8.01. The van der Waals surface area contributed by atoms with Gasteiger partial charge in [-0.15, -0.1) is 0 Å². The van der Waals surface area contributed by atoms with Gasteiger partial charge in [-0.05, 0) is 61.4 Å². The van der Waals surface area contributed by atoms with Crippen molar-refractivity contribution in [2.45, 2.75) is 20.3 Å². The molecule has 4 aromatic rings. The van der Waals surface area contributed by atoms with Crippen LogP contribution in [0.15, 0.2) is 61.3 Å². The molecule has 178 valence electrons. The quantitative estimate of drug-likeness (QED) is 0.413. The second kappa shape index (κ2) is 9.21. The maximum Gasteiger partial charge on any atom is 0.261 e. The predicted octanol–water partition coefficient (Wildman–Crippen LogP) is 4.56. The molecule has 0 spiro atoms. The van der Waals surface area contributed by atoms with E-state index in [0.29, 0.717) is 31.0 Å². The van der Waals surface area contributed by atoms with Crippen LogP contribution in [0.5, 0.6) is 5.75 Å². The van der Waals surface area contributed by atoms with Gasteiger partial charge in [0.15, 0.2) is 5.82 Å². The highest BCUT2D eigenvalue weighted by Gasteiger charge is 2.30. The number of pyridine rings is 2. The Hall–Kier alpha value is -4.20. The molecule has 8 nitrogen and oxygen atoms in total. The van der Waals surface area contributed by atoms with Crippen molar-refractivity contribution in [2.24, 2.45) is 7.05 Å². The first-order chi connectivity index (χ1) is 17.0. The molecule has 0 saturated carbocycles. The van der Waals surface area contributed by atoms with Crippen LogP contribution in [0.2, 0.25) is 0 Å². The van der Waals surface area contributed by atoms with E-state index in [9.17, 15) is 4.79 Å². The molecule has 0 bridgehead atoms. The number of aryl methyl sites for hydroxylation is 2. The molecule has 0 N–H and O–H groups in total. The lowest BCUT2D eigenvalue weighted by atomic mass is 10.1. The number of benzene rings is 1. The Morgan fingerprint density at radius 1 is 1.03 bits per heavy atom. The fourth-order valence-electron chi connectivity index (χ4n) is 4.37. The van der Waals surface area contributed by atoms with Gasteiger partial charge in [0.05, 0.1) is 29.9 Å². The Morgan fingerprint density at radius 2 is 1.89 bits per heavy atom. The maximum absolute atomic E-state index is 13.3. The Kier molecular flexibility index (Phi) is 5.94. The van der Waals surface area contributed by atoms with Crippen molar-refractivity contribution in [3.05, 3.63) is 78.0 Å². The zero-order valence-corrected chi connectivity index (χ0v) is 20.4. The van der Waals surface area contributed by atoms with Gasteiger partial charge in [-0.25, -0.2) is 15.0 Å². The average molecular weight is 469 g/mol. The van der Waals surface area contributed by atoms with Crippen molar-refractivity contribution >= 4 is 23.2 Å². The van der Waals surface area contributed by atoms with E-state index < -0.39 is 0 Å². The largest absolute Gasteiger partial charge is 0.493 e. The molecule has 8 heteroatoms. The number of rotatable bonds is 6. The van der Waals surface area contributed by atoms with Crippen molar-refractivity contribution in [3.63, 3.8) is 0 Å². The van der Waals surface area contributed by atoms with E-state index in [-0.39, 0.29) is 5.91 Å². The van der Waals surface area contributed by atoms with Crippen LogP contribution in [0.1, 0.15) is 28.4 Å². The van der Waals surface area contributed by atoms with Crippen molar-refractivity contribution in [3.8, 4) is 17.0 Å². The van der Waals surface area contributed by atoms with E-state index in [2.05, 4.69) is 21.0 Å². The topological polar surface area (TPSA) is 76.4 Å². The van der Waals surface area contributed by atoms with Gasteiger partial charge in [0.1, 0.15) is 11.6 Å². The summed E-state index contributed by atoms with van der Waals surface area (Å²) in [6, 6.07) is 11.8. The molecule has 1 aliphatic heterocycles. The van der Waals surface area contributed by atoms with Crippen LogP contribution in [0.4, 0.5) is 17.3 Å². The van der Waals surface area contributed by atoms with E-state index in [1.165, 1.54) is 0 Å². The van der Waals surface area contributed by atoms with E-state index >= 15 is 0 Å². The van der Waals surface area contributed by atoms with E-state index in [1.807, 2.05) is 73.1 Å². The summed E-state index contributed by atoms with van der Waals surface area (Å²) >= 11 is 0. The van der Waals surface area contributed by atoms with Crippen LogP contribution in [0.25, 0.3) is 11.3 Å². The van der Waals surface area contributed by atoms with E-state index in [1.54, 1.807) is 24.5 Å². The lowest BCUT2D eigenvalue weighted by Crippen LogP contribution is -2.25. The number of anilines is 3. The third-order valence-electron chi connectivity index (χ3n) is 6.24. The summed E-state index contributed by atoms with van der Waals surface area (Å²) in [6.45, 7) is 5.20. The minimum absolute atomic E-state index is 0.0959. The van der Waals surface area contributed by atoms with Crippen LogP contribution >= 0.6 is 0 Å². The zero-order valence-electron chi connectivity index (χ0n) is 20.4. The zero-order chi connectivity index (χ0) is 24.5. The van der Waals surface area contributed by atoms with Gasteiger partial charge in [-0.1, -0.05) is 0 Å². The number of nitrogens with zero attached hydrogens (tertiary/aromatic N) is 6. The molecule has 0 atom stereocenters. The first kappa shape index (κ1) is 22.6. The van der Waals surface area contributed by atoms with Crippen molar-refractivity contribution < 1.29 is 9.53 Å². The first-order valence-electron chi connectivity index (χ1n) is 11.7. The number of carbonyl (C=O) groups excluding carboxylic acids is 1. The Balaban J connectivity index is 1.33. The van der Waals surface area contributed by atoms with Gasteiger partial charge in [-0.2, -0.15) is 0 Å². The van der Waals surface area contributed by atoms with Crippen LogP contribution in [0.3, 0.4) is 0 Å². The van der Waals surface area contributed by atoms with Gasteiger partial charge < -0.3 is 19.1 Å². The fraction of sp³-hybridized carbons (Fsp3) is 0.259. The molecular formula is C27H28N6O2.